The van der Waals surface area contributed by atoms with Crippen molar-refractivity contribution < 1.29 is 4.79 Å². The van der Waals surface area contributed by atoms with E-state index in [1.54, 1.807) is 0 Å². The Kier molecular flexibility index (Phi) is 4.62. The smallest absolute Gasteiger partial charge is 0.226 e. The molecular formula is C18H24BrNO. The summed E-state index contributed by atoms with van der Waals surface area (Å²) in [6, 6.07) is 8.07. The van der Waals surface area contributed by atoms with Crippen molar-refractivity contribution in [2.24, 2.45) is 17.3 Å². The molecule has 2 rings (SSSR count). The van der Waals surface area contributed by atoms with Crippen LogP contribution in [0.5, 0.6) is 0 Å². The largest absolute Gasteiger partial charge is 0.341 e. The van der Waals surface area contributed by atoms with E-state index in [1.807, 2.05) is 30.1 Å². The number of carbonyl (C=O) groups excluding carboxylic acids is 1. The van der Waals surface area contributed by atoms with Crippen molar-refractivity contribution in [1.82, 2.24) is 4.90 Å². The minimum atomic E-state index is 0.0799. The minimum Gasteiger partial charge on any atom is -0.341 e. The van der Waals surface area contributed by atoms with Crippen LogP contribution in [0.4, 0.5) is 0 Å². The number of amides is 1. The lowest BCUT2D eigenvalue weighted by atomic mass is 10.1. The van der Waals surface area contributed by atoms with Crippen LogP contribution in [0.1, 0.15) is 33.3 Å². The molecule has 0 aromatic heterocycles. The highest BCUT2D eigenvalue weighted by molar-refractivity contribution is 9.10. The maximum Gasteiger partial charge on any atom is 0.226 e. The summed E-state index contributed by atoms with van der Waals surface area (Å²) in [4.78, 5) is 14.6. The van der Waals surface area contributed by atoms with E-state index in [1.165, 1.54) is 5.57 Å². The molecule has 2 nitrogen and oxygen atoms in total. The average molecular weight is 350 g/mol. The van der Waals surface area contributed by atoms with Gasteiger partial charge in [0.1, 0.15) is 0 Å². The van der Waals surface area contributed by atoms with Gasteiger partial charge in [-0.3, -0.25) is 4.79 Å². The second-order valence-electron chi connectivity index (χ2n) is 6.85. The molecule has 21 heavy (non-hydrogen) atoms. The fourth-order valence-electron chi connectivity index (χ4n) is 3.02. The number of hydrogen-bond acceptors (Lipinski definition) is 1. The zero-order chi connectivity index (χ0) is 15.8. The van der Waals surface area contributed by atoms with E-state index in [-0.39, 0.29) is 17.2 Å². The van der Waals surface area contributed by atoms with Crippen LogP contribution in [0.25, 0.3) is 0 Å². The monoisotopic (exact) mass is 349 g/mol. The third-order valence-corrected chi connectivity index (χ3v) is 5.20. The number of carbonyl (C=O) groups is 1. The molecule has 0 aliphatic heterocycles. The van der Waals surface area contributed by atoms with Gasteiger partial charge in [0.2, 0.25) is 5.91 Å². The Hall–Kier alpha value is -1.09. The third kappa shape index (κ3) is 3.39. The molecule has 1 aromatic carbocycles. The number of allylic oxidation sites excluding steroid dienone is 2. The first-order valence-electron chi connectivity index (χ1n) is 7.38. The maximum atomic E-state index is 12.7. The predicted octanol–water partition coefficient (Wildman–Crippen LogP) is 4.65. The Bertz CT molecular complexity index is 572. The van der Waals surface area contributed by atoms with Crippen molar-refractivity contribution in [3.05, 3.63) is 46.0 Å². The summed E-state index contributed by atoms with van der Waals surface area (Å²) >= 11 is 3.55. The van der Waals surface area contributed by atoms with Gasteiger partial charge in [0, 0.05) is 18.1 Å². The molecule has 0 heterocycles. The molecule has 1 aromatic rings. The van der Waals surface area contributed by atoms with Crippen molar-refractivity contribution in [3.63, 3.8) is 0 Å². The normalized spacial score (nSPS) is 22.6. The number of rotatable bonds is 4. The third-order valence-electron chi connectivity index (χ3n) is 4.43. The Balaban J connectivity index is 2.07. The fourth-order valence-corrected chi connectivity index (χ4v) is 3.43. The second-order valence-corrected chi connectivity index (χ2v) is 7.71. The van der Waals surface area contributed by atoms with E-state index in [0.29, 0.717) is 12.5 Å². The van der Waals surface area contributed by atoms with Crippen LogP contribution in [0, 0.1) is 17.3 Å². The van der Waals surface area contributed by atoms with Gasteiger partial charge in [0.05, 0.1) is 5.92 Å². The van der Waals surface area contributed by atoms with E-state index in [4.69, 9.17) is 0 Å². The molecule has 2 unspecified atom stereocenters. The average Bonchev–Trinajstić information content (AvgIpc) is 2.91. The maximum absolute atomic E-state index is 12.7. The fraction of sp³-hybridized carbons (Fsp3) is 0.500. The molecule has 0 spiro atoms. The molecule has 1 fully saturated rings. The Labute approximate surface area is 136 Å². The predicted molar refractivity (Wildman–Crippen MR) is 90.8 cm³/mol. The zero-order valence-corrected chi connectivity index (χ0v) is 15.1. The SMILES string of the molecule is CC(C)=CC1C(C(=O)N(C)Cc2ccccc2Br)C1(C)C. The first-order chi connectivity index (χ1) is 9.75. The van der Waals surface area contributed by atoms with E-state index in [9.17, 15) is 4.79 Å². The Morgan fingerprint density at radius 1 is 1.33 bits per heavy atom. The van der Waals surface area contributed by atoms with Crippen molar-refractivity contribution >= 4 is 21.8 Å². The summed E-state index contributed by atoms with van der Waals surface area (Å²) < 4.78 is 1.06. The molecule has 1 aliphatic rings. The van der Waals surface area contributed by atoms with Crippen LogP contribution in [0.15, 0.2) is 40.4 Å². The van der Waals surface area contributed by atoms with Crippen LogP contribution < -0.4 is 0 Å². The van der Waals surface area contributed by atoms with Gasteiger partial charge in [-0.25, -0.2) is 0 Å². The van der Waals surface area contributed by atoms with Gasteiger partial charge in [-0.2, -0.15) is 0 Å². The standard InChI is InChI=1S/C18H24BrNO/c1-12(2)10-14-16(18(14,3)4)17(21)20(5)11-13-8-6-7-9-15(13)19/h6-10,14,16H,11H2,1-5H3. The van der Waals surface area contributed by atoms with Crippen molar-refractivity contribution in [2.45, 2.75) is 34.2 Å². The lowest BCUT2D eigenvalue weighted by Gasteiger charge is -2.19. The van der Waals surface area contributed by atoms with E-state index in [2.05, 4.69) is 55.8 Å². The zero-order valence-electron chi connectivity index (χ0n) is 13.5. The van der Waals surface area contributed by atoms with Gasteiger partial charge in [0.25, 0.3) is 0 Å². The summed E-state index contributed by atoms with van der Waals surface area (Å²) in [5.41, 5.74) is 2.51. The molecule has 0 radical (unpaired) electrons. The van der Waals surface area contributed by atoms with E-state index >= 15 is 0 Å². The topological polar surface area (TPSA) is 20.3 Å². The molecule has 114 valence electrons. The highest BCUT2D eigenvalue weighted by Crippen LogP contribution is 2.60. The Morgan fingerprint density at radius 2 is 1.95 bits per heavy atom. The lowest BCUT2D eigenvalue weighted by molar-refractivity contribution is -0.132. The van der Waals surface area contributed by atoms with Crippen molar-refractivity contribution in [1.29, 1.82) is 0 Å². The van der Waals surface area contributed by atoms with Gasteiger partial charge in [-0.05, 0) is 36.8 Å². The van der Waals surface area contributed by atoms with Crippen LogP contribution in [-0.4, -0.2) is 17.9 Å². The summed E-state index contributed by atoms with van der Waals surface area (Å²) in [7, 11) is 1.90. The summed E-state index contributed by atoms with van der Waals surface area (Å²) in [5.74, 6) is 0.731. The van der Waals surface area contributed by atoms with Crippen molar-refractivity contribution in [2.75, 3.05) is 7.05 Å². The van der Waals surface area contributed by atoms with Gasteiger partial charge in [-0.15, -0.1) is 0 Å². The molecule has 1 amide bonds. The van der Waals surface area contributed by atoms with E-state index in [0.717, 1.165) is 10.0 Å². The van der Waals surface area contributed by atoms with Crippen LogP contribution in [0.3, 0.4) is 0 Å². The first-order valence-corrected chi connectivity index (χ1v) is 8.18. The number of hydrogen-bond donors (Lipinski definition) is 0. The van der Waals surface area contributed by atoms with Gasteiger partial charge in [-0.1, -0.05) is 59.6 Å². The minimum absolute atomic E-state index is 0.0799. The first kappa shape index (κ1) is 16.3. The molecule has 1 aliphatic carbocycles. The van der Waals surface area contributed by atoms with Crippen LogP contribution in [-0.2, 0) is 11.3 Å². The summed E-state index contributed by atoms with van der Waals surface area (Å²) in [6.45, 7) is 9.22. The molecule has 0 bridgehead atoms. The molecular weight excluding hydrogens is 326 g/mol. The summed E-state index contributed by atoms with van der Waals surface area (Å²) in [6.07, 6.45) is 2.24. The molecule has 0 N–H and O–H groups in total. The highest BCUT2D eigenvalue weighted by Gasteiger charge is 2.60. The number of halogens is 1. The number of benzene rings is 1. The van der Waals surface area contributed by atoms with Crippen LogP contribution >= 0.6 is 15.9 Å². The van der Waals surface area contributed by atoms with Crippen LogP contribution in [0.2, 0.25) is 0 Å². The quantitative estimate of drug-likeness (QED) is 0.724. The number of nitrogens with zero attached hydrogens (tertiary/aromatic N) is 1. The van der Waals surface area contributed by atoms with Gasteiger partial charge < -0.3 is 4.90 Å². The Morgan fingerprint density at radius 3 is 2.52 bits per heavy atom. The molecule has 0 saturated heterocycles. The summed E-state index contributed by atoms with van der Waals surface area (Å²) in [5, 5.41) is 0. The van der Waals surface area contributed by atoms with Gasteiger partial charge in [0.15, 0.2) is 0 Å². The molecule has 1 saturated carbocycles. The highest BCUT2D eigenvalue weighted by atomic mass is 79.9. The second kappa shape index (κ2) is 5.96. The lowest BCUT2D eigenvalue weighted by Crippen LogP contribution is -2.29. The van der Waals surface area contributed by atoms with Gasteiger partial charge >= 0.3 is 0 Å². The molecule has 3 heteroatoms. The van der Waals surface area contributed by atoms with Crippen molar-refractivity contribution in [3.8, 4) is 0 Å². The molecule has 2 atom stereocenters. The van der Waals surface area contributed by atoms with E-state index < -0.39 is 0 Å².